The first kappa shape index (κ1) is 23.8. The molecule has 1 aromatic carbocycles. The minimum Gasteiger partial charge on any atom is -0.496 e. The lowest BCUT2D eigenvalue weighted by Crippen LogP contribution is -2.45. The van der Waals surface area contributed by atoms with Gasteiger partial charge >= 0.3 is 5.97 Å². The van der Waals surface area contributed by atoms with Gasteiger partial charge in [-0.1, -0.05) is 56.2 Å². The number of ether oxygens (including phenoxy) is 1. The third kappa shape index (κ3) is 5.80. The first-order valence-corrected chi connectivity index (χ1v) is 13.0. The third-order valence-corrected chi connectivity index (χ3v) is 8.16. The average Bonchev–Trinajstić information content (AvgIpc) is 2.86. The number of nitrogens with zero attached hydrogens (tertiary/aromatic N) is 1. The van der Waals surface area contributed by atoms with Crippen molar-refractivity contribution in [3.8, 4) is 5.75 Å². The summed E-state index contributed by atoms with van der Waals surface area (Å²) in [4.78, 5) is 27.2. The van der Waals surface area contributed by atoms with Crippen LogP contribution in [0.25, 0.3) is 6.08 Å². The molecule has 5 nitrogen and oxygen atoms in total. The molecule has 4 rings (SSSR count). The highest BCUT2D eigenvalue weighted by Crippen LogP contribution is 2.41. The van der Waals surface area contributed by atoms with Crippen LogP contribution in [-0.2, 0) is 4.79 Å². The van der Waals surface area contributed by atoms with E-state index in [4.69, 9.17) is 4.74 Å². The number of hydrogen-bond acceptors (Lipinski definition) is 3. The van der Waals surface area contributed by atoms with Crippen LogP contribution in [0.3, 0.4) is 0 Å². The van der Waals surface area contributed by atoms with E-state index in [1.807, 2.05) is 6.07 Å². The van der Waals surface area contributed by atoms with E-state index in [1.54, 1.807) is 19.2 Å². The number of hydrogen-bond donors (Lipinski definition) is 1. The van der Waals surface area contributed by atoms with Crippen LogP contribution in [0.4, 0.5) is 0 Å². The molecule has 180 valence electrons. The minimum atomic E-state index is -0.954. The highest BCUT2D eigenvalue weighted by molar-refractivity contribution is 5.88. The number of carbonyl (C=O) groups is 2. The fraction of sp³-hybridized carbons (Fsp3) is 0.643. The van der Waals surface area contributed by atoms with Gasteiger partial charge in [-0.05, 0) is 62.5 Å². The first-order chi connectivity index (χ1) is 16.1. The Morgan fingerprint density at radius 2 is 1.55 bits per heavy atom. The molecule has 1 heterocycles. The molecule has 3 fully saturated rings. The number of aromatic carboxylic acids is 1. The molecule has 1 aliphatic heterocycles. The zero-order valence-corrected chi connectivity index (χ0v) is 20.1. The predicted molar refractivity (Wildman–Crippen MR) is 130 cm³/mol. The molecular formula is C28H39NO4. The Hall–Kier alpha value is -2.30. The second-order valence-electron chi connectivity index (χ2n) is 10.2. The van der Waals surface area contributed by atoms with Gasteiger partial charge in [0.2, 0.25) is 5.91 Å². The van der Waals surface area contributed by atoms with Crippen LogP contribution in [0.15, 0.2) is 23.8 Å². The van der Waals surface area contributed by atoms with E-state index in [1.165, 1.54) is 69.8 Å². The van der Waals surface area contributed by atoms with Crippen LogP contribution in [0.5, 0.6) is 5.75 Å². The maximum atomic E-state index is 13.8. The molecule has 0 atom stereocenters. The fourth-order valence-corrected chi connectivity index (χ4v) is 6.33. The van der Waals surface area contributed by atoms with Crippen molar-refractivity contribution in [2.24, 2.45) is 17.8 Å². The number of benzene rings is 1. The van der Waals surface area contributed by atoms with Crippen LogP contribution in [0.1, 0.15) is 93.0 Å². The van der Waals surface area contributed by atoms with E-state index in [0.29, 0.717) is 23.5 Å². The normalized spacial score (nSPS) is 20.7. The maximum Gasteiger partial charge on any atom is 0.335 e. The van der Waals surface area contributed by atoms with E-state index in [0.717, 1.165) is 31.5 Å². The molecule has 5 heteroatoms. The Morgan fingerprint density at radius 3 is 2.06 bits per heavy atom. The van der Waals surface area contributed by atoms with Crippen LogP contribution < -0.4 is 4.74 Å². The van der Waals surface area contributed by atoms with Crippen LogP contribution in [-0.4, -0.2) is 42.1 Å². The Kier molecular flexibility index (Phi) is 8.11. The highest BCUT2D eigenvalue weighted by Gasteiger charge is 2.39. The molecule has 2 aliphatic carbocycles. The molecule has 0 bridgehead atoms. The topological polar surface area (TPSA) is 66.8 Å². The van der Waals surface area contributed by atoms with E-state index in [-0.39, 0.29) is 11.5 Å². The summed E-state index contributed by atoms with van der Waals surface area (Å²) < 4.78 is 5.43. The lowest BCUT2D eigenvalue weighted by Gasteiger charge is -2.40. The molecule has 1 amide bonds. The molecule has 0 radical (unpaired) electrons. The molecule has 1 saturated heterocycles. The first-order valence-electron chi connectivity index (χ1n) is 13.0. The van der Waals surface area contributed by atoms with Gasteiger partial charge in [0.25, 0.3) is 0 Å². The maximum absolute atomic E-state index is 13.8. The number of piperidine rings is 1. The van der Waals surface area contributed by atoms with Crippen molar-refractivity contribution in [3.05, 3.63) is 34.9 Å². The quantitative estimate of drug-likeness (QED) is 0.559. The molecule has 0 unspecified atom stereocenters. The Morgan fingerprint density at radius 1 is 0.970 bits per heavy atom. The fourth-order valence-electron chi connectivity index (χ4n) is 6.33. The molecule has 33 heavy (non-hydrogen) atoms. The van der Waals surface area contributed by atoms with Crippen LogP contribution in [0, 0.1) is 17.8 Å². The van der Waals surface area contributed by atoms with Crippen LogP contribution in [0.2, 0.25) is 0 Å². The van der Waals surface area contributed by atoms with Crippen molar-refractivity contribution < 1.29 is 19.4 Å². The summed E-state index contributed by atoms with van der Waals surface area (Å²) in [6.07, 6.45) is 16.6. The molecule has 0 aromatic heterocycles. The van der Waals surface area contributed by atoms with E-state index in [2.05, 4.69) is 11.0 Å². The summed E-state index contributed by atoms with van der Waals surface area (Å²) >= 11 is 0. The number of carboxylic acid groups (broad SMARTS) is 1. The van der Waals surface area contributed by atoms with Gasteiger partial charge in [0.05, 0.1) is 12.7 Å². The monoisotopic (exact) mass is 453 g/mol. The van der Waals surface area contributed by atoms with E-state index in [9.17, 15) is 14.7 Å². The van der Waals surface area contributed by atoms with Crippen molar-refractivity contribution in [1.29, 1.82) is 0 Å². The number of carboxylic acids is 1. The van der Waals surface area contributed by atoms with E-state index >= 15 is 0 Å². The van der Waals surface area contributed by atoms with Gasteiger partial charge in [0.1, 0.15) is 5.75 Å². The Bertz CT molecular complexity index is 837. The second kappa shape index (κ2) is 11.2. The number of likely N-dealkylation sites (tertiary alicyclic amines) is 1. The Balaban J connectivity index is 1.43. The van der Waals surface area contributed by atoms with Crippen molar-refractivity contribution >= 4 is 18.0 Å². The summed E-state index contributed by atoms with van der Waals surface area (Å²) in [5, 5.41) is 9.22. The van der Waals surface area contributed by atoms with Gasteiger partial charge in [-0.15, -0.1) is 0 Å². The number of methoxy groups -OCH3 is 1. The summed E-state index contributed by atoms with van der Waals surface area (Å²) in [6.45, 7) is 1.58. The predicted octanol–water partition coefficient (Wildman–Crippen LogP) is 6.18. The van der Waals surface area contributed by atoms with Gasteiger partial charge in [-0.25, -0.2) is 4.79 Å². The number of amides is 1. The van der Waals surface area contributed by atoms with Gasteiger partial charge < -0.3 is 14.7 Å². The molecule has 2 saturated carbocycles. The number of carbonyl (C=O) groups excluding carboxylic acids is 1. The second-order valence-corrected chi connectivity index (χ2v) is 10.2. The van der Waals surface area contributed by atoms with Gasteiger partial charge in [-0.3, -0.25) is 4.79 Å². The SMILES string of the molecule is COc1cc(C(=O)O)ccc1C=C1CCN(C(=O)C(C2CCCCC2)C2CCCCC2)CC1. The standard InChI is InChI=1S/C28H39NO4/c1-33-25-19-24(28(31)32)13-12-23(25)18-20-14-16-29(17-15-20)27(30)26(21-8-4-2-5-9-21)22-10-6-3-7-11-22/h12-13,18-19,21-22,26H,2-11,14-17H2,1H3,(H,31,32). The molecule has 1 aromatic rings. The molecule has 0 spiro atoms. The zero-order valence-electron chi connectivity index (χ0n) is 20.1. The lowest BCUT2D eigenvalue weighted by atomic mass is 9.69. The van der Waals surface area contributed by atoms with Crippen molar-refractivity contribution in [1.82, 2.24) is 4.90 Å². The third-order valence-electron chi connectivity index (χ3n) is 8.16. The van der Waals surface area contributed by atoms with Crippen molar-refractivity contribution in [2.75, 3.05) is 20.2 Å². The van der Waals surface area contributed by atoms with Gasteiger partial charge in [0, 0.05) is 24.6 Å². The largest absolute Gasteiger partial charge is 0.496 e. The molecule has 3 aliphatic rings. The highest BCUT2D eigenvalue weighted by atomic mass is 16.5. The zero-order chi connectivity index (χ0) is 23.2. The van der Waals surface area contributed by atoms with Crippen molar-refractivity contribution in [2.45, 2.75) is 77.0 Å². The van der Waals surface area contributed by atoms with Gasteiger partial charge in [0.15, 0.2) is 0 Å². The van der Waals surface area contributed by atoms with Gasteiger partial charge in [-0.2, -0.15) is 0 Å². The average molecular weight is 454 g/mol. The van der Waals surface area contributed by atoms with Crippen molar-refractivity contribution in [3.63, 3.8) is 0 Å². The summed E-state index contributed by atoms with van der Waals surface area (Å²) in [7, 11) is 1.57. The van der Waals surface area contributed by atoms with E-state index < -0.39 is 5.97 Å². The molecular weight excluding hydrogens is 414 g/mol. The summed E-state index contributed by atoms with van der Waals surface area (Å²) in [5.41, 5.74) is 2.43. The minimum absolute atomic E-state index is 0.228. The summed E-state index contributed by atoms with van der Waals surface area (Å²) in [6, 6.07) is 5.01. The Labute approximate surface area is 198 Å². The number of rotatable bonds is 6. The summed E-state index contributed by atoms with van der Waals surface area (Å²) in [5.74, 6) is 1.46. The lowest BCUT2D eigenvalue weighted by molar-refractivity contribution is -0.141. The van der Waals surface area contributed by atoms with Crippen LogP contribution >= 0.6 is 0 Å². The smallest absolute Gasteiger partial charge is 0.335 e. The molecule has 1 N–H and O–H groups in total.